The van der Waals surface area contributed by atoms with Crippen LogP contribution in [0.25, 0.3) is 11.0 Å². The number of sulfonamides is 1. The van der Waals surface area contributed by atoms with Crippen molar-refractivity contribution in [1.82, 2.24) is 19.7 Å². The Kier molecular flexibility index (Phi) is 7.56. The molecule has 206 valence electrons. The molecule has 1 aromatic carbocycles. The van der Waals surface area contributed by atoms with Gasteiger partial charge in [-0.1, -0.05) is 11.6 Å². The third kappa shape index (κ3) is 5.34. The Balaban J connectivity index is 1.39. The first-order chi connectivity index (χ1) is 18.7. The van der Waals surface area contributed by atoms with Gasteiger partial charge in [0.05, 0.1) is 35.8 Å². The topological polar surface area (TPSA) is 117 Å². The van der Waals surface area contributed by atoms with Crippen LogP contribution in [0, 0.1) is 18.6 Å². The lowest BCUT2D eigenvalue weighted by atomic mass is 10.1. The van der Waals surface area contributed by atoms with E-state index in [1.807, 2.05) is 0 Å². The van der Waals surface area contributed by atoms with E-state index in [9.17, 15) is 12.8 Å². The molecule has 0 amide bonds. The van der Waals surface area contributed by atoms with Crippen LogP contribution in [0.1, 0.15) is 36.6 Å². The minimum Gasteiger partial charge on any atom is -0.487 e. The third-order valence-corrected chi connectivity index (χ3v) is 7.91. The number of hydrogen-bond acceptors (Lipinski definition) is 8. The maximum absolute atomic E-state index is 15.3. The minimum atomic E-state index is -4.39. The number of rotatable bonds is 8. The largest absolute Gasteiger partial charge is 0.487 e. The molecule has 1 atom stereocenters. The molecule has 39 heavy (non-hydrogen) atoms. The summed E-state index contributed by atoms with van der Waals surface area (Å²) in [4.78, 5) is 7.85. The summed E-state index contributed by atoms with van der Waals surface area (Å²) in [5.41, 5.74) is 0.333. The number of aryl methyl sites for hydroxylation is 1. The van der Waals surface area contributed by atoms with Crippen molar-refractivity contribution in [3.8, 4) is 11.6 Å². The van der Waals surface area contributed by atoms with Crippen LogP contribution in [-0.2, 0) is 21.4 Å². The zero-order chi connectivity index (χ0) is 27.7. The van der Waals surface area contributed by atoms with Crippen LogP contribution in [0.5, 0.6) is 11.6 Å². The number of halogens is 3. The van der Waals surface area contributed by atoms with Gasteiger partial charge < -0.3 is 14.2 Å². The van der Waals surface area contributed by atoms with Crippen molar-refractivity contribution in [3.05, 3.63) is 64.6 Å². The lowest BCUT2D eigenvalue weighted by Gasteiger charge is -2.23. The van der Waals surface area contributed by atoms with E-state index in [2.05, 4.69) is 19.8 Å². The fraction of sp³-hybridized carbons (Fsp3) is 0.320. The van der Waals surface area contributed by atoms with Crippen LogP contribution in [0.15, 0.2) is 41.7 Å². The predicted octanol–water partition coefficient (Wildman–Crippen LogP) is 5.15. The fourth-order valence-electron chi connectivity index (χ4n) is 4.28. The van der Waals surface area contributed by atoms with Crippen molar-refractivity contribution in [1.29, 1.82) is 0 Å². The summed E-state index contributed by atoms with van der Waals surface area (Å²) in [5.74, 6) is -1.99. The Hall–Kier alpha value is -3.55. The number of nitrogens with one attached hydrogen (secondary N) is 1. The predicted molar refractivity (Wildman–Crippen MR) is 138 cm³/mol. The van der Waals surface area contributed by atoms with Crippen molar-refractivity contribution in [2.24, 2.45) is 0 Å². The van der Waals surface area contributed by atoms with Crippen molar-refractivity contribution >= 4 is 38.3 Å². The summed E-state index contributed by atoms with van der Waals surface area (Å²) in [6.07, 6.45) is 6.97. The van der Waals surface area contributed by atoms with Gasteiger partial charge in [-0.2, -0.15) is 5.10 Å². The van der Waals surface area contributed by atoms with E-state index in [-0.39, 0.29) is 17.1 Å². The summed E-state index contributed by atoms with van der Waals surface area (Å²) in [7, 11) is -3.16. The van der Waals surface area contributed by atoms with Crippen LogP contribution >= 0.6 is 11.6 Å². The fourth-order valence-corrected chi connectivity index (χ4v) is 5.71. The van der Waals surface area contributed by atoms with Crippen molar-refractivity contribution in [2.75, 3.05) is 18.4 Å². The Morgan fingerprint density at radius 1 is 1.21 bits per heavy atom. The molecule has 0 bridgehead atoms. The number of ether oxygens (including phenoxy) is 3. The normalized spacial score (nSPS) is 15.9. The number of fused-ring (bicyclic) bond motifs is 1. The average molecular weight is 580 g/mol. The highest BCUT2D eigenvalue weighted by atomic mass is 35.5. The molecular weight excluding hydrogens is 556 g/mol. The van der Waals surface area contributed by atoms with E-state index in [1.54, 1.807) is 17.8 Å². The van der Waals surface area contributed by atoms with Crippen LogP contribution in [0.2, 0.25) is 5.02 Å². The van der Waals surface area contributed by atoms with Crippen molar-refractivity contribution in [3.63, 3.8) is 0 Å². The summed E-state index contributed by atoms with van der Waals surface area (Å²) in [5, 5.41) is 5.17. The molecule has 10 nitrogen and oxygen atoms in total. The monoisotopic (exact) mass is 579 g/mol. The van der Waals surface area contributed by atoms with Gasteiger partial charge in [0.1, 0.15) is 18.2 Å². The Morgan fingerprint density at radius 2 is 2.03 bits per heavy atom. The SMILES string of the molecule is COc1ncc(Cl)cc1S(=O)(=O)Nc1ccc(F)c(COc2cnc3c(cnn3C3CCCCO3)c2C)c1F. The molecule has 0 saturated carbocycles. The minimum absolute atomic E-state index is 0.0302. The number of pyridine rings is 2. The van der Waals surface area contributed by atoms with E-state index in [0.717, 1.165) is 37.5 Å². The summed E-state index contributed by atoms with van der Waals surface area (Å²) >= 11 is 5.88. The Morgan fingerprint density at radius 3 is 2.77 bits per heavy atom. The molecule has 0 radical (unpaired) electrons. The van der Waals surface area contributed by atoms with Gasteiger partial charge in [-0.15, -0.1) is 0 Å². The number of aromatic nitrogens is 4. The molecule has 14 heteroatoms. The lowest BCUT2D eigenvalue weighted by Crippen LogP contribution is -2.19. The van der Waals surface area contributed by atoms with E-state index in [1.165, 1.54) is 19.5 Å². The molecule has 1 saturated heterocycles. The summed E-state index contributed by atoms with van der Waals surface area (Å²) in [6, 6.07) is 3.02. The number of anilines is 1. The van der Waals surface area contributed by atoms with E-state index in [4.69, 9.17) is 25.8 Å². The summed E-state index contributed by atoms with van der Waals surface area (Å²) < 4.78 is 76.2. The number of hydrogen-bond donors (Lipinski definition) is 1. The first kappa shape index (κ1) is 27.0. The highest BCUT2D eigenvalue weighted by Crippen LogP contribution is 2.32. The maximum Gasteiger partial charge on any atom is 0.267 e. The molecule has 1 fully saturated rings. The van der Waals surface area contributed by atoms with Crippen LogP contribution in [0.3, 0.4) is 0 Å². The van der Waals surface area contributed by atoms with E-state index in [0.29, 0.717) is 29.0 Å². The van der Waals surface area contributed by atoms with E-state index < -0.39 is 44.4 Å². The van der Waals surface area contributed by atoms with Crippen LogP contribution in [0.4, 0.5) is 14.5 Å². The smallest absolute Gasteiger partial charge is 0.267 e. The van der Waals surface area contributed by atoms with Gasteiger partial charge in [-0.25, -0.2) is 31.8 Å². The Labute approximate surface area is 227 Å². The molecule has 0 aliphatic carbocycles. The Bertz CT molecular complexity index is 1640. The molecule has 4 heterocycles. The van der Waals surface area contributed by atoms with Gasteiger partial charge in [0.15, 0.2) is 22.6 Å². The summed E-state index contributed by atoms with van der Waals surface area (Å²) in [6.45, 7) is 1.92. The van der Waals surface area contributed by atoms with Gasteiger partial charge >= 0.3 is 0 Å². The van der Waals surface area contributed by atoms with Crippen molar-refractivity contribution < 1.29 is 31.4 Å². The second-order valence-electron chi connectivity index (χ2n) is 8.84. The first-order valence-corrected chi connectivity index (χ1v) is 13.8. The zero-order valence-electron chi connectivity index (χ0n) is 20.9. The molecule has 4 aromatic rings. The van der Waals surface area contributed by atoms with Gasteiger partial charge in [0.2, 0.25) is 5.88 Å². The van der Waals surface area contributed by atoms with Gasteiger partial charge in [-0.05, 0) is 44.4 Å². The highest BCUT2D eigenvalue weighted by molar-refractivity contribution is 7.92. The number of benzene rings is 1. The molecule has 1 unspecified atom stereocenters. The molecule has 1 aliphatic heterocycles. The lowest BCUT2D eigenvalue weighted by molar-refractivity contribution is -0.0370. The van der Waals surface area contributed by atoms with Gasteiger partial charge in [-0.3, -0.25) is 4.72 Å². The molecular formula is C25H24ClF2N5O5S. The third-order valence-electron chi connectivity index (χ3n) is 6.35. The first-order valence-electron chi connectivity index (χ1n) is 12.0. The molecule has 1 aliphatic rings. The zero-order valence-corrected chi connectivity index (χ0v) is 22.5. The van der Waals surface area contributed by atoms with Crippen LogP contribution < -0.4 is 14.2 Å². The maximum atomic E-state index is 15.3. The second kappa shape index (κ2) is 10.9. The van der Waals surface area contributed by atoms with Crippen LogP contribution in [-0.4, -0.2) is 41.9 Å². The quantitative estimate of drug-likeness (QED) is 0.304. The number of nitrogens with zero attached hydrogens (tertiary/aromatic N) is 4. The van der Waals surface area contributed by atoms with Crippen molar-refractivity contribution in [2.45, 2.75) is 43.9 Å². The van der Waals surface area contributed by atoms with E-state index >= 15 is 4.39 Å². The average Bonchev–Trinajstić information content (AvgIpc) is 3.37. The standard InChI is InChI=1S/C25H24ClF2N5O5S/c1-14-16-11-31-33(22-5-3-4-8-37-22)24(16)29-12-20(14)38-13-17-18(27)6-7-19(23(17)28)32-39(34,35)21-9-15(26)10-30-25(21)36-2/h6-7,9-12,22,32H,3-5,8,13H2,1-2H3. The highest BCUT2D eigenvalue weighted by Gasteiger charge is 2.25. The molecule has 3 aromatic heterocycles. The van der Waals surface area contributed by atoms with Gasteiger partial charge in [0, 0.05) is 23.8 Å². The molecule has 5 rings (SSSR count). The molecule has 1 N–H and O–H groups in total. The second-order valence-corrected chi connectivity index (χ2v) is 10.9. The van der Waals surface area contributed by atoms with Gasteiger partial charge in [0.25, 0.3) is 10.0 Å². The number of methoxy groups -OCH3 is 1. The molecule has 0 spiro atoms.